The van der Waals surface area contributed by atoms with E-state index in [1.54, 1.807) is 0 Å². The molecule has 0 radical (unpaired) electrons. The molecule has 1 unspecified atom stereocenters. The van der Waals surface area contributed by atoms with Gasteiger partial charge in [-0.1, -0.05) is 36.4 Å². The van der Waals surface area contributed by atoms with E-state index in [1.165, 1.54) is 16.3 Å². The summed E-state index contributed by atoms with van der Waals surface area (Å²) in [5.41, 5.74) is 8.87. The largest absolute Gasteiger partial charge is 0.456 e. The summed E-state index contributed by atoms with van der Waals surface area (Å²) in [4.78, 5) is 2.44. The second-order valence-corrected chi connectivity index (χ2v) is 6.20. The molecule has 2 aromatic carbocycles. The molecule has 0 bridgehead atoms. The molecule has 1 saturated heterocycles. The maximum Gasteiger partial charge on any atom is 0.139 e. The molecule has 1 fully saturated rings. The van der Waals surface area contributed by atoms with E-state index in [0.29, 0.717) is 6.54 Å². The number of para-hydroxylation sites is 2. The number of hydrogen-bond donors (Lipinski definition) is 1. The molecule has 3 aromatic rings. The van der Waals surface area contributed by atoms with E-state index in [2.05, 4.69) is 35.2 Å². The maximum absolute atomic E-state index is 6.12. The summed E-state index contributed by atoms with van der Waals surface area (Å²) in [5.74, 6) is 0. The highest BCUT2D eigenvalue weighted by Crippen LogP contribution is 2.31. The first-order valence-corrected chi connectivity index (χ1v) is 8.28. The zero-order valence-electron chi connectivity index (χ0n) is 13.2. The van der Waals surface area contributed by atoms with Crippen LogP contribution in [0, 0.1) is 0 Å². The average Bonchev–Trinajstić information content (AvgIpc) is 2.96. The van der Waals surface area contributed by atoms with Crippen LogP contribution in [0.5, 0.6) is 0 Å². The number of benzene rings is 2. The first-order valence-electron chi connectivity index (χ1n) is 8.28. The zero-order chi connectivity index (χ0) is 15.6. The van der Waals surface area contributed by atoms with Crippen LogP contribution in [-0.4, -0.2) is 37.2 Å². The Bertz CT molecular complexity index is 809. The van der Waals surface area contributed by atoms with Crippen LogP contribution < -0.4 is 5.73 Å². The lowest BCUT2D eigenvalue weighted by Gasteiger charge is -2.32. The summed E-state index contributed by atoms with van der Waals surface area (Å²) in [7, 11) is 0. The molecule has 0 amide bonds. The smallest absolute Gasteiger partial charge is 0.139 e. The third kappa shape index (κ3) is 2.85. The average molecular weight is 310 g/mol. The summed E-state index contributed by atoms with van der Waals surface area (Å²) >= 11 is 0. The third-order valence-electron chi connectivity index (χ3n) is 4.59. The number of rotatable bonds is 4. The van der Waals surface area contributed by atoms with Crippen molar-refractivity contribution in [3.63, 3.8) is 0 Å². The van der Waals surface area contributed by atoms with Crippen molar-refractivity contribution in [2.24, 2.45) is 5.73 Å². The van der Waals surface area contributed by atoms with Gasteiger partial charge in [-0.05, 0) is 19.0 Å². The molecule has 1 aliphatic rings. The second-order valence-electron chi connectivity index (χ2n) is 6.20. The molecule has 1 aromatic heterocycles. The van der Waals surface area contributed by atoms with Gasteiger partial charge in [0, 0.05) is 36.0 Å². The minimum atomic E-state index is 0.253. The Kier molecular flexibility index (Phi) is 4.04. The molecule has 1 atom stereocenters. The predicted molar refractivity (Wildman–Crippen MR) is 92.4 cm³/mol. The van der Waals surface area contributed by atoms with Crippen molar-refractivity contribution in [3.05, 3.63) is 48.0 Å². The number of nitrogens with two attached hydrogens (primary N) is 1. The van der Waals surface area contributed by atoms with Crippen LogP contribution in [0.4, 0.5) is 0 Å². The Morgan fingerprint density at radius 1 is 1.09 bits per heavy atom. The van der Waals surface area contributed by atoms with Crippen LogP contribution in [0.15, 0.2) is 46.9 Å². The SMILES string of the molecule is NCCC1CN(Cc2cccc3c2oc2ccccc23)CCO1. The number of furan rings is 1. The van der Waals surface area contributed by atoms with Crippen molar-refractivity contribution in [1.82, 2.24) is 4.90 Å². The van der Waals surface area contributed by atoms with Crippen molar-refractivity contribution in [3.8, 4) is 0 Å². The van der Waals surface area contributed by atoms with E-state index in [1.807, 2.05) is 12.1 Å². The quantitative estimate of drug-likeness (QED) is 0.804. The number of fused-ring (bicyclic) bond motifs is 3. The van der Waals surface area contributed by atoms with Crippen molar-refractivity contribution in [2.75, 3.05) is 26.2 Å². The van der Waals surface area contributed by atoms with Gasteiger partial charge in [-0.2, -0.15) is 0 Å². The Hall–Kier alpha value is -1.88. The van der Waals surface area contributed by atoms with Crippen LogP contribution in [0.3, 0.4) is 0 Å². The Labute approximate surface area is 135 Å². The van der Waals surface area contributed by atoms with E-state index in [0.717, 1.165) is 43.8 Å². The van der Waals surface area contributed by atoms with Crippen LogP contribution in [-0.2, 0) is 11.3 Å². The van der Waals surface area contributed by atoms with Crippen LogP contribution in [0.25, 0.3) is 21.9 Å². The maximum atomic E-state index is 6.12. The van der Waals surface area contributed by atoms with Crippen molar-refractivity contribution in [1.29, 1.82) is 0 Å². The number of hydrogen-bond acceptors (Lipinski definition) is 4. The summed E-state index contributed by atoms with van der Waals surface area (Å²) < 4.78 is 11.9. The molecule has 0 spiro atoms. The van der Waals surface area contributed by atoms with Crippen molar-refractivity contribution >= 4 is 21.9 Å². The molecule has 0 aliphatic carbocycles. The molecule has 4 heteroatoms. The summed E-state index contributed by atoms with van der Waals surface area (Å²) in [6.45, 7) is 4.24. The number of nitrogens with zero attached hydrogens (tertiary/aromatic N) is 1. The fraction of sp³-hybridized carbons (Fsp3) is 0.368. The summed E-state index contributed by atoms with van der Waals surface area (Å²) in [6, 6.07) is 14.7. The van der Waals surface area contributed by atoms with Gasteiger partial charge in [0.2, 0.25) is 0 Å². The van der Waals surface area contributed by atoms with Gasteiger partial charge in [-0.25, -0.2) is 0 Å². The van der Waals surface area contributed by atoms with Gasteiger partial charge >= 0.3 is 0 Å². The summed E-state index contributed by atoms with van der Waals surface area (Å²) in [6.07, 6.45) is 1.18. The molecule has 4 nitrogen and oxygen atoms in total. The van der Waals surface area contributed by atoms with E-state index in [9.17, 15) is 0 Å². The van der Waals surface area contributed by atoms with E-state index in [4.69, 9.17) is 14.9 Å². The topological polar surface area (TPSA) is 51.6 Å². The van der Waals surface area contributed by atoms with Gasteiger partial charge in [-0.15, -0.1) is 0 Å². The molecule has 2 N–H and O–H groups in total. The van der Waals surface area contributed by atoms with E-state index >= 15 is 0 Å². The highest BCUT2D eigenvalue weighted by molar-refractivity contribution is 6.05. The fourth-order valence-corrected chi connectivity index (χ4v) is 3.46. The Balaban J connectivity index is 1.64. The second kappa shape index (κ2) is 6.32. The molecule has 0 saturated carbocycles. The lowest BCUT2D eigenvalue weighted by atomic mass is 10.1. The van der Waals surface area contributed by atoms with Gasteiger partial charge in [0.05, 0.1) is 12.7 Å². The first kappa shape index (κ1) is 14.7. The fourth-order valence-electron chi connectivity index (χ4n) is 3.46. The highest BCUT2D eigenvalue weighted by Gasteiger charge is 2.21. The predicted octanol–water partition coefficient (Wildman–Crippen LogP) is 3.14. The van der Waals surface area contributed by atoms with Gasteiger partial charge in [0.15, 0.2) is 0 Å². The van der Waals surface area contributed by atoms with E-state index < -0.39 is 0 Å². The Morgan fingerprint density at radius 3 is 2.87 bits per heavy atom. The molecule has 23 heavy (non-hydrogen) atoms. The van der Waals surface area contributed by atoms with Crippen LogP contribution in [0.2, 0.25) is 0 Å². The zero-order valence-corrected chi connectivity index (χ0v) is 13.2. The van der Waals surface area contributed by atoms with Crippen molar-refractivity contribution in [2.45, 2.75) is 19.1 Å². The number of ether oxygens (including phenoxy) is 1. The lowest BCUT2D eigenvalue weighted by molar-refractivity contribution is -0.0334. The van der Waals surface area contributed by atoms with Gasteiger partial charge in [0.1, 0.15) is 11.2 Å². The van der Waals surface area contributed by atoms with Crippen LogP contribution >= 0.6 is 0 Å². The summed E-state index contributed by atoms with van der Waals surface area (Å²) in [5, 5.41) is 2.39. The standard InChI is InChI=1S/C19H22N2O2/c20-9-8-15-13-21(10-11-22-15)12-14-4-3-6-17-16-5-1-2-7-18(16)23-19(14)17/h1-7,15H,8-13,20H2. The van der Waals surface area contributed by atoms with Gasteiger partial charge in [-0.3, -0.25) is 4.90 Å². The minimum absolute atomic E-state index is 0.253. The Morgan fingerprint density at radius 2 is 1.96 bits per heavy atom. The van der Waals surface area contributed by atoms with Gasteiger partial charge in [0.25, 0.3) is 0 Å². The molecule has 1 aliphatic heterocycles. The third-order valence-corrected chi connectivity index (χ3v) is 4.59. The lowest BCUT2D eigenvalue weighted by Crippen LogP contribution is -2.42. The molecule has 4 rings (SSSR count). The van der Waals surface area contributed by atoms with Gasteiger partial charge < -0.3 is 14.9 Å². The van der Waals surface area contributed by atoms with Crippen LogP contribution in [0.1, 0.15) is 12.0 Å². The number of morpholine rings is 1. The molecule has 2 heterocycles. The first-order chi connectivity index (χ1) is 11.3. The monoisotopic (exact) mass is 310 g/mol. The molecular weight excluding hydrogens is 288 g/mol. The normalized spacial score (nSPS) is 19.6. The van der Waals surface area contributed by atoms with Crippen molar-refractivity contribution < 1.29 is 9.15 Å². The van der Waals surface area contributed by atoms with E-state index in [-0.39, 0.29) is 6.10 Å². The molecule has 120 valence electrons. The molecular formula is C19H22N2O2. The minimum Gasteiger partial charge on any atom is -0.456 e. The highest BCUT2D eigenvalue weighted by atomic mass is 16.5.